The molecule has 25 heavy (non-hydrogen) atoms. The van der Waals surface area contributed by atoms with Crippen LogP contribution in [0.1, 0.15) is 18.4 Å². The molecule has 0 aliphatic carbocycles. The minimum absolute atomic E-state index is 0.381. The first kappa shape index (κ1) is 16.9. The monoisotopic (exact) mass is 331 g/mol. The first-order valence-corrected chi connectivity index (χ1v) is 8.51. The van der Waals surface area contributed by atoms with Crippen LogP contribution >= 0.6 is 0 Å². The molecule has 0 aliphatic rings. The van der Waals surface area contributed by atoms with Crippen LogP contribution in [0.15, 0.2) is 82.9 Å². The molecule has 3 heteroatoms. The van der Waals surface area contributed by atoms with Gasteiger partial charge in [-0.25, -0.2) is 0 Å². The number of hydrogen-bond acceptors (Lipinski definition) is 3. The zero-order valence-corrected chi connectivity index (χ0v) is 14.2. The third kappa shape index (κ3) is 3.61. The van der Waals surface area contributed by atoms with E-state index in [1.165, 1.54) is 0 Å². The van der Waals surface area contributed by atoms with Crippen LogP contribution in [0.4, 0.5) is 5.69 Å². The molecule has 0 heterocycles. The Labute approximate surface area is 147 Å². The second-order valence-corrected chi connectivity index (χ2v) is 6.09. The van der Waals surface area contributed by atoms with Crippen molar-refractivity contribution >= 4 is 5.69 Å². The molecule has 0 amide bonds. The van der Waals surface area contributed by atoms with Crippen molar-refractivity contribution in [2.75, 3.05) is 11.4 Å². The average Bonchev–Trinajstić information content (AvgIpc) is 2.66. The van der Waals surface area contributed by atoms with Crippen molar-refractivity contribution in [3.05, 3.63) is 99.3 Å². The number of hydrogen-bond donors (Lipinski definition) is 0. The molecule has 126 valence electrons. The van der Waals surface area contributed by atoms with Gasteiger partial charge in [-0.05, 0) is 24.0 Å². The van der Waals surface area contributed by atoms with E-state index in [-0.39, 0.29) is 10.9 Å². The summed E-state index contributed by atoms with van der Waals surface area (Å²) in [5, 5.41) is 0. The molecule has 0 spiro atoms. The van der Waals surface area contributed by atoms with E-state index in [0.717, 1.165) is 24.0 Å². The molecule has 3 aromatic rings. The highest BCUT2D eigenvalue weighted by atomic mass is 16.2. The summed E-state index contributed by atoms with van der Waals surface area (Å²) in [6.07, 6.45) is 3.64. The molecule has 3 aromatic carbocycles. The molecule has 0 saturated carbocycles. The maximum absolute atomic E-state index is 12.3. The van der Waals surface area contributed by atoms with Crippen LogP contribution in [0.25, 0.3) is 11.1 Å². The van der Waals surface area contributed by atoms with E-state index in [0.29, 0.717) is 24.3 Å². The molecule has 0 N–H and O–H groups in total. The van der Waals surface area contributed by atoms with Gasteiger partial charge in [-0.1, -0.05) is 66.7 Å². The molecule has 0 aromatic heterocycles. The summed E-state index contributed by atoms with van der Waals surface area (Å²) < 4.78 is 0. The van der Waals surface area contributed by atoms with Crippen molar-refractivity contribution in [3.8, 4) is 11.1 Å². The summed E-state index contributed by atoms with van der Waals surface area (Å²) in [4.78, 5) is 26.6. The van der Waals surface area contributed by atoms with Crippen molar-refractivity contribution < 1.29 is 0 Å². The Kier molecular flexibility index (Phi) is 5.24. The SMILES string of the molecule is C=CCCCN(Cc1ccccc1)c1c(-c2ccccc2)c(=O)c1=O. The van der Waals surface area contributed by atoms with Crippen molar-refractivity contribution in [1.29, 1.82) is 0 Å². The Bertz CT molecular complexity index is 906. The van der Waals surface area contributed by atoms with Crippen LogP contribution in [0.3, 0.4) is 0 Å². The highest BCUT2D eigenvalue weighted by Crippen LogP contribution is 2.28. The number of anilines is 1. The quantitative estimate of drug-likeness (QED) is 0.357. The van der Waals surface area contributed by atoms with Gasteiger partial charge in [0, 0.05) is 13.1 Å². The first-order chi connectivity index (χ1) is 12.2. The lowest BCUT2D eigenvalue weighted by Crippen LogP contribution is -2.42. The third-order valence-electron chi connectivity index (χ3n) is 4.32. The lowest BCUT2D eigenvalue weighted by atomic mass is 9.97. The van der Waals surface area contributed by atoms with Crippen molar-refractivity contribution in [3.63, 3.8) is 0 Å². The predicted molar refractivity (Wildman–Crippen MR) is 104 cm³/mol. The van der Waals surface area contributed by atoms with Crippen LogP contribution in [-0.2, 0) is 6.54 Å². The van der Waals surface area contributed by atoms with Crippen LogP contribution in [0.2, 0.25) is 0 Å². The van der Waals surface area contributed by atoms with Gasteiger partial charge in [0.05, 0.1) is 5.56 Å². The van der Waals surface area contributed by atoms with Gasteiger partial charge in [-0.3, -0.25) is 9.59 Å². The highest BCUT2D eigenvalue weighted by Gasteiger charge is 2.26. The van der Waals surface area contributed by atoms with E-state index in [1.54, 1.807) is 0 Å². The molecule has 0 atom stereocenters. The predicted octanol–water partition coefficient (Wildman–Crippen LogP) is 3.92. The van der Waals surface area contributed by atoms with E-state index >= 15 is 0 Å². The van der Waals surface area contributed by atoms with Gasteiger partial charge < -0.3 is 4.90 Å². The third-order valence-corrected chi connectivity index (χ3v) is 4.32. The molecule has 0 saturated heterocycles. The van der Waals surface area contributed by atoms with Crippen molar-refractivity contribution in [1.82, 2.24) is 0 Å². The normalized spacial score (nSPS) is 10.7. The molecular formula is C22H21NO2. The summed E-state index contributed by atoms with van der Waals surface area (Å²) >= 11 is 0. The van der Waals surface area contributed by atoms with Gasteiger partial charge in [0.25, 0.3) is 0 Å². The number of rotatable bonds is 8. The summed E-state index contributed by atoms with van der Waals surface area (Å²) in [5.74, 6) is 0. The number of unbranched alkanes of at least 4 members (excludes halogenated alkanes) is 1. The zero-order chi connectivity index (χ0) is 17.6. The summed E-state index contributed by atoms with van der Waals surface area (Å²) in [5.41, 5.74) is 2.25. The Hall–Kier alpha value is -2.94. The van der Waals surface area contributed by atoms with Crippen molar-refractivity contribution in [2.45, 2.75) is 19.4 Å². The van der Waals surface area contributed by atoms with Gasteiger partial charge >= 0.3 is 0 Å². The van der Waals surface area contributed by atoms with E-state index < -0.39 is 0 Å². The second kappa shape index (κ2) is 7.75. The average molecular weight is 331 g/mol. The van der Waals surface area contributed by atoms with E-state index in [4.69, 9.17) is 0 Å². The summed E-state index contributed by atoms with van der Waals surface area (Å²) in [7, 11) is 0. The fourth-order valence-corrected chi connectivity index (χ4v) is 3.05. The van der Waals surface area contributed by atoms with Crippen LogP contribution in [0.5, 0.6) is 0 Å². The molecule has 0 bridgehead atoms. The zero-order valence-electron chi connectivity index (χ0n) is 14.2. The minimum atomic E-state index is -0.386. The second-order valence-electron chi connectivity index (χ2n) is 6.09. The molecule has 0 aliphatic heterocycles. The topological polar surface area (TPSA) is 37.4 Å². The van der Waals surface area contributed by atoms with Crippen LogP contribution in [-0.4, -0.2) is 6.54 Å². The van der Waals surface area contributed by atoms with Gasteiger partial charge in [0.2, 0.25) is 10.9 Å². The van der Waals surface area contributed by atoms with Crippen molar-refractivity contribution in [2.24, 2.45) is 0 Å². The summed E-state index contributed by atoms with van der Waals surface area (Å²) in [6, 6.07) is 19.4. The molecule has 0 fully saturated rings. The Morgan fingerprint density at radius 2 is 1.52 bits per heavy atom. The number of nitrogens with zero attached hydrogens (tertiary/aromatic N) is 1. The van der Waals surface area contributed by atoms with Crippen LogP contribution < -0.4 is 15.8 Å². The lowest BCUT2D eigenvalue weighted by Gasteiger charge is -2.28. The van der Waals surface area contributed by atoms with Gasteiger partial charge in [-0.15, -0.1) is 6.58 Å². The minimum Gasteiger partial charge on any atom is -0.363 e. The first-order valence-electron chi connectivity index (χ1n) is 8.51. The fraction of sp³-hybridized carbons (Fsp3) is 0.182. The molecule has 3 nitrogen and oxygen atoms in total. The standard InChI is InChI=1S/C22H21NO2/c1-2-3-10-15-23(16-17-11-6-4-7-12-17)20-19(21(24)22(20)25)18-13-8-5-9-14-18/h2,4-9,11-14H,1,3,10,15-16H2. The number of allylic oxidation sites excluding steroid dienone is 1. The maximum atomic E-state index is 12.3. The van der Waals surface area contributed by atoms with Gasteiger partial charge in [-0.2, -0.15) is 0 Å². The van der Waals surface area contributed by atoms with Gasteiger partial charge in [0.15, 0.2) is 0 Å². The Morgan fingerprint density at radius 1 is 0.880 bits per heavy atom. The summed E-state index contributed by atoms with van der Waals surface area (Å²) in [6.45, 7) is 5.09. The number of benzene rings is 2. The van der Waals surface area contributed by atoms with Crippen LogP contribution in [0, 0.1) is 0 Å². The molecular weight excluding hydrogens is 310 g/mol. The Balaban J connectivity index is 1.96. The molecule has 0 unspecified atom stereocenters. The fourth-order valence-electron chi connectivity index (χ4n) is 3.05. The van der Waals surface area contributed by atoms with E-state index in [9.17, 15) is 9.59 Å². The smallest absolute Gasteiger partial charge is 0.250 e. The highest BCUT2D eigenvalue weighted by molar-refractivity contribution is 5.82. The maximum Gasteiger partial charge on any atom is 0.250 e. The van der Waals surface area contributed by atoms with E-state index in [2.05, 4.69) is 6.58 Å². The molecule has 0 radical (unpaired) electrons. The lowest BCUT2D eigenvalue weighted by molar-refractivity contribution is 0.733. The largest absolute Gasteiger partial charge is 0.363 e. The Morgan fingerprint density at radius 3 is 2.16 bits per heavy atom. The van der Waals surface area contributed by atoms with Gasteiger partial charge in [0.1, 0.15) is 5.69 Å². The van der Waals surface area contributed by atoms with E-state index in [1.807, 2.05) is 71.6 Å². The molecule has 3 rings (SSSR count).